The Morgan fingerprint density at radius 1 is 1.43 bits per heavy atom. The van der Waals surface area contributed by atoms with Crippen LogP contribution in [0.15, 0.2) is 30.9 Å². The van der Waals surface area contributed by atoms with Crippen LogP contribution in [0.4, 0.5) is 0 Å². The first-order valence-electron chi connectivity index (χ1n) is 5.16. The van der Waals surface area contributed by atoms with Gasteiger partial charge in [0.1, 0.15) is 0 Å². The predicted octanol–water partition coefficient (Wildman–Crippen LogP) is 4.41. The molecule has 1 rings (SSSR count). The van der Waals surface area contributed by atoms with Gasteiger partial charge in [-0.3, -0.25) is 0 Å². The normalized spacial score (nSPS) is 10.1. The molecule has 0 bridgehead atoms. The molecule has 14 heavy (non-hydrogen) atoms. The van der Waals surface area contributed by atoms with Crippen molar-refractivity contribution in [2.24, 2.45) is 0 Å². The second kappa shape index (κ2) is 5.87. The Morgan fingerprint density at radius 2 is 2.21 bits per heavy atom. The summed E-state index contributed by atoms with van der Waals surface area (Å²) in [7, 11) is 0. The molecule has 0 heterocycles. The second-order valence-electron chi connectivity index (χ2n) is 3.47. The van der Waals surface area contributed by atoms with Crippen LogP contribution in [0.2, 0.25) is 5.02 Å². The van der Waals surface area contributed by atoms with Crippen molar-refractivity contribution in [2.45, 2.75) is 32.6 Å². The fraction of sp³-hybridized carbons (Fsp3) is 0.385. The Balaban J connectivity index is 2.89. The van der Waals surface area contributed by atoms with Gasteiger partial charge in [0, 0.05) is 5.02 Å². The maximum atomic E-state index is 6.14. The zero-order valence-electron chi connectivity index (χ0n) is 8.72. The van der Waals surface area contributed by atoms with E-state index in [9.17, 15) is 0 Å². The lowest BCUT2D eigenvalue weighted by Crippen LogP contribution is -1.94. The minimum atomic E-state index is 0.874. The topological polar surface area (TPSA) is 0 Å². The van der Waals surface area contributed by atoms with E-state index in [0.717, 1.165) is 17.9 Å². The lowest BCUT2D eigenvalue weighted by Gasteiger charge is -2.08. The quantitative estimate of drug-likeness (QED) is 0.629. The molecule has 0 fully saturated rings. The van der Waals surface area contributed by atoms with E-state index in [-0.39, 0.29) is 0 Å². The van der Waals surface area contributed by atoms with E-state index in [1.54, 1.807) is 0 Å². The second-order valence-corrected chi connectivity index (χ2v) is 3.88. The van der Waals surface area contributed by atoms with E-state index in [1.807, 2.05) is 18.2 Å². The Kier molecular flexibility index (Phi) is 4.75. The number of aryl methyl sites for hydroxylation is 1. The zero-order chi connectivity index (χ0) is 10.4. The van der Waals surface area contributed by atoms with E-state index in [2.05, 4.69) is 19.6 Å². The number of hydrogen-bond donors (Lipinski definition) is 0. The maximum absolute atomic E-state index is 6.14. The molecule has 0 amide bonds. The summed E-state index contributed by atoms with van der Waals surface area (Å²) in [6.07, 6.45) is 6.36. The first-order chi connectivity index (χ1) is 6.79. The minimum Gasteiger partial charge on any atom is -0.103 e. The summed E-state index contributed by atoms with van der Waals surface area (Å²) in [5.74, 6) is 0. The molecule has 0 N–H and O–H groups in total. The van der Waals surface area contributed by atoms with E-state index < -0.39 is 0 Å². The van der Waals surface area contributed by atoms with Crippen molar-refractivity contribution in [3.63, 3.8) is 0 Å². The number of unbranched alkanes of at least 4 members (excludes halogenated alkanes) is 1. The van der Waals surface area contributed by atoms with Gasteiger partial charge in [0.05, 0.1) is 0 Å². The summed E-state index contributed by atoms with van der Waals surface area (Å²) in [4.78, 5) is 0. The highest BCUT2D eigenvalue weighted by Crippen LogP contribution is 2.22. The van der Waals surface area contributed by atoms with Crippen molar-refractivity contribution in [2.75, 3.05) is 0 Å². The molecule has 0 aliphatic heterocycles. The third-order valence-corrected chi connectivity index (χ3v) is 2.72. The number of hydrogen-bond acceptors (Lipinski definition) is 0. The Labute approximate surface area is 91.6 Å². The summed E-state index contributed by atoms with van der Waals surface area (Å²) in [6, 6.07) is 6.15. The first kappa shape index (κ1) is 11.3. The van der Waals surface area contributed by atoms with Crippen LogP contribution in [0.3, 0.4) is 0 Å². The van der Waals surface area contributed by atoms with Crippen molar-refractivity contribution >= 4 is 11.6 Å². The van der Waals surface area contributed by atoms with Gasteiger partial charge in [0.2, 0.25) is 0 Å². The van der Waals surface area contributed by atoms with Gasteiger partial charge in [-0.15, -0.1) is 6.58 Å². The Hall–Kier alpha value is -0.750. The van der Waals surface area contributed by atoms with Crippen LogP contribution in [-0.4, -0.2) is 0 Å². The molecule has 0 saturated carbocycles. The molecule has 0 nitrogen and oxygen atoms in total. The predicted molar refractivity (Wildman–Crippen MR) is 64.0 cm³/mol. The smallest absolute Gasteiger partial charge is 0.0443 e. The van der Waals surface area contributed by atoms with Crippen molar-refractivity contribution < 1.29 is 0 Å². The molecular formula is C13H17Cl. The number of allylic oxidation sites excluding steroid dienone is 1. The monoisotopic (exact) mass is 208 g/mol. The number of halogens is 1. The van der Waals surface area contributed by atoms with Crippen LogP contribution in [0.25, 0.3) is 0 Å². The molecule has 0 saturated heterocycles. The average Bonchev–Trinajstić information content (AvgIpc) is 2.19. The zero-order valence-corrected chi connectivity index (χ0v) is 9.48. The fourth-order valence-corrected chi connectivity index (χ4v) is 1.85. The Bertz CT molecular complexity index is 302. The SMILES string of the molecule is C=CCc1c(Cl)cccc1CCCC. The van der Waals surface area contributed by atoms with Crippen LogP contribution >= 0.6 is 11.6 Å². The van der Waals surface area contributed by atoms with Crippen molar-refractivity contribution in [1.29, 1.82) is 0 Å². The third-order valence-electron chi connectivity index (χ3n) is 2.36. The minimum absolute atomic E-state index is 0.874. The van der Waals surface area contributed by atoms with Crippen LogP contribution in [0.5, 0.6) is 0 Å². The lowest BCUT2D eigenvalue weighted by molar-refractivity contribution is 0.789. The standard InChI is InChI=1S/C13H17Cl/c1-3-5-8-11-9-6-10-13(14)12(11)7-4-2/h4,6,9-10H,2-3,5,7-8H2,1H3. The highest BCUT2D eigenvalue weighted by molar-refractivity contribution is 6.31. The van der Waals surface area contributed by atoms with Crippen LogP contribution in [-0.2, 0) is 12.8 Å². The van der Waals surface area contributed by atoms with Gasteiger partial charge >= 0.3 is 0 Å². The molecule has 0 unspecified atom stereocenters. The molecule has 0 aliphatic rings. The highest BCUT2D eigenvalue weighted by atomic mass is 35.5. The summed E-state index contributed by atoms with van der Waals surface area (Å²) >= 11 is 6.14. The third kappa shape index (κ3) is 2.88. The summed E-state index contributed by atoms with van der Waals surface area (Å²) in [5, 5.41) is 0.874. The van der Waals surface area contributed by atoms with Crippen molar-refractivity contribution in [3.8, 4) is 0 Å². The maximum Gasteiger partial charge on any atom is 0.0443 e. The average molecular weight is 209 g/mol. The fourth-order valence-electron chi connectivity index (χ4n) is 1.58. The molecule has 1 heteroatoms. The van der Waals surface area contributed by atoms with Crippen LogP contribution < -0.4 is 0 Å². The molecule has 0 aromatic heterocycles. The van der Waals surface area contributed by atoms with Gasteiger partial charge in [0.15, 0.2) is 0 Å². The first-order valence-corrected chi connectivity index (χ1v) is 5.54. The van der Waals surface area contributed by atoms with Crippen molar-refractivity contribution in [1.82, 2.24) is 0 Å². The largest absolute Gasteiger partial charge is 0.103 e. The lowest BCUT2D eigenvalue weighted by atomic mass is 10.00. The number of benzene rings is 1. The molecule has 0 radical (unpaired) electrons. The van der Waals surface area contributed by atoms with Crippen molar-refractivity contribution in [3.05, 3.63) is 47.0 Å². The molecule has 0 atom stereocenters. The number of rotatable bonds is 5. The van der Waals surface area contributed by atoms with Gasteiger partial charge in [0.25, 0.3) is 0 Å². The summed E-state index contributed by atoms with van der Waals surface area (Å²) < 4.78 is 0. The van der Waals surface area contributed by atoms with E-state index in [4.69, 9.17) is 11.6 Å². The van der Waals surface area contributed by atoms with Gasteiger partial charge in [-0.1, -0.05) is 43.2 Å². The Morgan fingerprint density at radius 3 is 2.86 bits per heavy atom. The molecule has 1 aromatic carbocycles. The molecule has 0 aliphatic carbocycles. The summed E-state index contributed by atoms with van der Waals surface area (Å²) in [5.41, 5.74) is 2.62. The van der Waals surface area contributed by atoms with E-state index >= 15 is 0 Å². The van der Waals surface area contributed by atoms with Crippen LogP contribution in [0, 0.1) is 0 Å². The van der Waals surface area contributed by atoms with Gasteiger partial charge in [-0.05, 0) is 36.5 Å². The van der Waals surface area contributed by atoms with E-state index in [1.165, 1.54) is 24.0 Å². The molecular weight excluding hydrogens is 192 g/mol. The van der Waals surface area contributed by atoms with Gasteiger partial charge < -0.3 is 0 Å². The molecule has 76 valence electrons. The molecule has 1 aromatic rings. The molecule has 0 spiro atoms. The highest BCUT2D eigenvalue weighted by Gasteiger charge is 2.04. The van der Waals surface area contributed by atoms with Gasteiger partial charge in [-0.25, -0.2) is 0 Å². The van der Waals surface area contributed by atoms with E-state index in [0.29, 0.717) is 0 Å². The van der Waals surface area contributed by atoms with Gasteiger partial charge in [-0.2, -0.15) is 0 Å². The van der Waals surface area contributed by atoms with Crippen LogP contribution in [0.1, 0.15) is 30.9 Å². The summed E-state index contributed by atoms with van der Waals surface area (Å²) in [6.45, 7) is 5.97.